The maximum atomic E-state index is 9.96. The predicted molar refractivity (Wildman–Crippen MR) is 72.6 cm³/mol. The summed E-state index contributed by atoms with van der Waals surface area (Å²) in [5.74, 6) is 0.558. The number of ether oxygens (including phenoxy) is 1. The molecule has 1 aromatic rings. The van der Waals surface area contributed by atoms with Crippen LogP contribution in [0.25, 0.3) is 0 Å². The molecule has 1 heterocycles. The van der Waals surface area contributed by atoms with E-state index in [9.17, 15) is 5.11 Å². The van der Waals surface area contributed by atoms with E-state index in [4.69, 9.17) is 4.74 Å². The zero-order valence-electron chi connectivity index (χ0n) is 12.2. The highest BCUT2D eigenvalue weighted by Crippen LogP contribution is 2.23. The largest absolute Gasteiger partial charge is 0.388 e. The smallest absolute Gasteiger partial charge is 0.0823 e. The van der Waals surface area contributed by atoms with Crippen LogP contribution in [0.2, 0.25) is 0 Å². The molecule has 0 amide bonds. The molecule has 1 atom stereocenters. The summed E-state index contributed by atoms with van der Waals surface area (Å²) in [6, 6.07) is 0. The molecular weight excluding hydrogens is 228 g/mol. The van der Waals surface area contributed by atoms with Gasteiger partial charge in [-0.1, -0.05) is 20.8 Å². The Balaban J connectivity index is 2.62. The standard InChI is InChI=1S/C14H26N2O2/c1-6-13(17)14-11(4)15-16(12(14)5)7-8-18-9-10(2)3/h10,13,17H,6-9H2,1-5H3. The van der Waals surface area contributed by atoms with Gasteiger partial charge in [0.1, 0.15) is 0 Å². The molecule has 0 saturated carbocycles. The normalized spacial score (nSPS) is 13.3. The number of aromatic nitrogens is 2. The van der Waals surface area contributed by atoms with E-state index in [-0.39, 0.29) is 0 Å². The molecule has 0 saturated heterocycles. The highest BCUT2D eigenvalue weighted by molar-refractivity contribution is 5.26. The molecule has 0 aliphatic rings. The first-order valence-electron chi connectivity index (χ1n) is 6.77. The van der Waals surface area contributed by atoms with Gasteiger partial charge in [0.15, 0.2) is 0 Å². The van der Waals surface area contributed by atoms with Gasteiger partial charge in [0, 0.05) is 17.9 Å². The van der Waals surface area contributed by atoms with Crippen molar-refractivity contribution in [3.8, 4) is 0 Å². The summed E-state index contributed by atoms with van der Waals surface area (Å²) in [4.78, 5) is 0. The van der Waals surface area contributed by atoms with E-state index >= 15 is 0 Å². The molecule has 1 N–H and O–H groups in total. The van der Waals surface area contributed by atoms with E-state index < -0.39 is 6.10 Å². The number of hydrogen-bond acceptors (Lipinski definition) is 3. The van der Waals surface area contributed by atoms with Crippen molar-refractivity contribution in [2.75, 3.05) is 13.2 Å². The highest BCUT2D eigenvalue weighted by atomic mass is 16.5. The van der Waals surface area contributed by atoms with Gasteiger partial charge in [0.2, 0.25) is 0 Å². The molecule has 0 aliphatic carbocycles. The SMILES string of the molecule is CCC(O)c1c(C)nn(CCOCC(C)C)c1C. The van der Waals surface area contributed by atoms with Crippen LogP contribution in [0.15, 0.2) is 0 Å². The van der Waals surface area contributed by atoms with Gasteiger partial charge in [0.05, 0.1) is 24.9 Å². The first kappa shape index (κ1) is 15.2. The maximum absolute atomic E-state index is 9.96. The Morgan fingerprint density at radius 1 is 1.33 bits per heavy atom. The van der Waals surface area contributed by atoms with Gasteiger partial charge in [-0.2, -0.15) is 5.10 Å². The van der Waals surface area contributed by atoms with Crippen LogP contribution in [0, 0.1) is 19.8 Å². The second-order valence-electron chi connectivity index (χ2n) is 5.20. The third-order valence-corrected chi connectivity index (χ3v) is 3.06. The molecule has 104 valence electrons. The molecule has 0 bridgehead atoms. The van der Waals surface area contributed by atoms with Crippen LogP contribution in [0.4, 0.5) is 0 Å². The third-order valence-electron chi connectivity index (χ3n) is 3.06. The zero-order valence-corrected chi connectivity index (χ0v) is 12.2. The molecule has 1 rings (SSSR count). The minimum atomic E-state index is -0.407. The maximum Gasteiger partial charge on any atom is 0.0823 e. The molecule has 0 radical (unpaired) electrons. The predicted octanol–water partition coefficient (Wildman–Crippen LogP) is 2.62. The Kier molecular flexibility index (Phi) is 5.82. The second kappa shape index (κ2) is 6.90. The van der Waals surface area contributed by atoms with Crippen LogP contribution < -0.4 is 0 Å². The molecular formula is C14H26N2O2. The van der Waals surface area contributed by atoms with Gasteiger partial charge in [-0.05, 0) is 26.2 Å². The first-order chi connectivity index (χ1) is 8.47. The van der Waals surface area contributed by atoms with E-state index in [1.165, 1.54) is 0 Å². The number of aliphatic hydroxyl groups excluding tert-OH is 1. The van der Waals surface area contributed by atoms with Gasteiger partial charge in [-0.25, -0.2) is 0 Å². The number of hydrogen-bond donors (Lipinski definition) is 1. The molecule has 0 spiro atoms. The lowest BCUT2D eigenvalue weighted by Gasteiger charge is -2.10. The van der Waals surface area contributed by atoms with Crippen LogP contribution >= 0.6 is 0 Å². The van der Waals surface area contributed by atoms with Crippen molar-refractivity contribution in [3.05, 3.63) is 17.0 Å². The van der Waals surface area contributed by atoms with E-state index in [0.29, 0.717) is 12.5 Å². The van der Waals surface area contributed by atoms with Crippen LogP contribution in [-0.2, 0) is 11.3 Å². The lowest BCUT2D eigenvalue weighted by atomic mass is 10.1. The van der Waals surface area contributed by atoms with Crippen molar-refractivity contribution in [2.45, 2.75) is 53.7 Å². The summed E-state index contributed by atoms with van der Waals surface area (Å²) >= 11 is 0. The van der Waals surface area contributed by atoms with Crippen molar-refractivity contribution in [3.63, 3.8) is 0 Å². The monoisotopic (exact) mass is 254 g/mol. The lowest BCUT2D eigenvalue weighted by Crippen LogP contribution is -2.12. The molecule has 1 unspecified atom stereocenters. The van der Waals surface area contributed by atoms with Gasteiger partial charge in [-0.3, -0.25) is 4.68 Å². The second-order valence-corrected chi connectivity index (χ2v) is 5.20. The van der Waals surface area contributed by atoms with E-state index in [2.05, 4.69) is 18.9 Å². The zero-order chi connectivity index (χ0) is 13.7. The van der Waals surface area contributed by atoms with E-state index in [1.54, 1.807) is 0 Å². The third kappa shape index (κ3) is 3.82. The molecule has 4 nitrogen and oxygen atoms in total. The van der Waals surface area contributed by atoms with Crippen LogP contribution in [0.5, 0.6) is 0 Å². The van der Waals surface area contributed by atoms with Crippen LogP contribution in [0.3, 0.4) is 0 Å². The van der Waals surface area contributed by atoms with Crippen molar-refractivity contribution < 1.29 is 9.84 Å². The Bertz CT molecular complexity index is 372. The first-order valence-corrected chi connectivity index (χ1v) is 6.77. The minimum Gasteiger partial charge on any atom is -0.388 e. The molecule has 0 aliphatic heterocycles. The lowest BCUT2D eigenvalue weighted by molar-refractivity contribution is 0.100. The Morgan fingerprint density at radius 3 is 2.56 bits per heavy atom. The topological polar surface area (TPSA) is 47.3 Å². The van der Waals surface area contributed by atoms with Crippen molar-refractivity contribution in [1.82, 2.24) is 9.78 Å². The molecule has 0 fully saturated rings. The fourth-order valence-electron chi connectivity index (χ4n) is 2.08. The molecule has 0 aromatic carbocycles. The molecule has 4 heteroatoms. The fraction of sp³-hybridized carbons (Fsp3) is 0.786. The van der Waals surface area contributed by atoms with E-state index in [0.717, 1.165) is 36.5 Å². The van der Waals surface area contributed by atoms with Crippen LogP contribution in [-0.4, -0.2) is 28.1 Å². The summed E-state index contributed by atoms with van der Waals surface area (Å²) in [5.41, 5.74) is 2.95. The average molecular weight is 254 g/mol. The number of nitrogens with zero attached hydrogens (tertiary/aromatic N) is 2. The summed E-state index contributed by atoms with van der Waals surface area (Å²) in [5, 5.41) is 14.4. The quantitative estimate of drug-likeness (QED) is 0.761. The van der Waals surface area contributed by atoms with Crippen molar-refractivity contribution in [2.24, 2.45) is 5.92 Å². The number of rotatable bonds is 7. The van der Waals surface area contributed by atoms with Gasteiger partial charge >= 0.3 is 0 Å². The van der Waals surface area contributed by atoms with Crippen molar-refractivity contribution in [1.29, 1.82) is 0 Å². The van der Waals surface area contributed by atoms with Gasteiger partial charge < -0.3 is 9.84 Å². The summed E-state index contributed by atoms with van der Waals surface area (Å²) in [6.07, 6.45) is 0.312. The average Bonchev–Trinajstić information content (AvgIpc) is 2.59. The van der Waals surface area contributed by atoms with E-state index in [1.807, 2.05) is 25.5 Å². The summed E-state index contributed by atoms with van der Waals surface area (Å²) in [7, 11) is 0. The summed E-state index contributed by atoms with van der Waals surface area (Å²) < 4.78 is 7.50. The Labute approximate surface area is 110 Å². The Hall–Kier alpha value is -0.870. The Morgan fingerprint density at radius 2 is 2.00 bits per heavy atom. The number of aryl methyl sites for hydroxylation is 1. The van der Waals surface area contributed by atoms with Gasteiger partial charge in [-0.15, -0.1) is 0 Å². The van der Waals surface area contributed by atoms with Crippen LogP contribution in [0.1, 0.15) is 50.2 Å². The fourth-order valence-corrected chi connectivity index (χ4v) is 2.08. The highest BCUT2D eigenvalue weighted by Gasteiger charge is 2.17. The minimum absolute atomic E-state index is 0.407. The van der Waals surface area contributed by atoms with Crippen molar-refractivity contribution >= 4 is 0 Å². The van der Waals surface area contributed by atoms with Gasteiger partial charge in [0.25, 0.3) is 0 Å². The summed E-state index contributed by atoms with van der Waals surface area (Å²) in [6.45, 7) is 12.4. The molecule has 1 aromatic heterocycles. The number of aliphatic hydroxyl groups is 1. The molecule has 18 heavy (non-hydrogen) atoms.